The molecule has 6 nitrogen and oxygen atoms in total. The lowest BCUT2D eigenvalue weighted by Crippen LogP contribution is -2.21. The van der Waals surface area contributed by atoms with Gasteiger partial charge in [-0.05, 0) is 24.3 Å². The molecule has 0 bridgehead atoms. The van der Waals surface area contributed by atoms with E-state index in [4.69, 9.17) is 0 Å². The molecule has 4 rings (SSSR count). The van der Waals surface area contributed by atoms with Crippen LogP contribution in [-0.4, -0.2) is 16.5 Å². The molecule has 0 aliphatic carbocycles. The van der Waals surface area contributed by atoms with Crippen molar-refractivity contribution in [1.29, 1.82) is 0 Å². The van der Waals surface area contributed by atoms with Crippen LogP contribution in [0.1, 0.15) is 11.1 Å². The maximum Gasteiger partial charge on any atom is 0.281 e. The van der Waals surface area contributed by atoms with Crippen LogP contribution in [0.25, 0.3) is 6.08 Å². The lowest BCUT2D eigenvalue weighted by Gasteiger charge is -2.11. The highest BCUT2D eigenvalue weighted by atomic mass is 19.1. The van der Waals surface area contributed by atoms with E-state index in [1.165, 1.54) is 41.4 Å². The van der Waals surface area contributed by atoms with Crippen LogP contribution in [0.15, 0.2) is 89.5 Å². The van der Waals surface area contributed by atoms with Crippen molar-refractivity contribution in [3.8, 4) is 0 Å². The smallest absolute Gasteiger partial charge is 0.267 e. The number of nitro groups is 1. The fraction of sp³-hybridized carbons (Fsp3) is 0. The van der Waals surface area contributed by atoms with Crippen molar-refractivity contribution >= 4 is 29.1 Å². The number of hydrogen-bond acceptors (Lipinski definition) is 4. The summed E-state index contributed by atoms with van der Waals surface area (Å²) < 4.78 is 14.2. The van der Waals surface area contributed by atoms with Crippen molar-refractivity contribution in [1.82, 2.24) is 0 Å². The van der Waals surface area contributed by atoms with Gasteiger partial charge in [0.05, 0.1) is 16.2 Å². The van der Waals surface area contributed by atoms with Crippen LogP contribution >= 0.6 is 0 Å². The first-order valence-electron chi connectivity index (χ1n) is 8.74. The normalized spacial score (nSPS) is 14.9. The molecule has 0 radical (unpaired) electrons. The molecule has 0 fully saturated rings. The van der Waals surface area contributed by atoms with Crippen molar-refractivity contribution in [2.24, 2.45) is 5.10 Å². The first-order valence-corrected chi connectivity index (χ1v) is 8.74. The fourth-order valence-electron chi connectivity index (χ4n) is 2.99. The molecule has 0 N–H and O–H groups in total. The summed E-state index contributed by atoms with van der Waals surface area (Å²) in [6.45, 7) is 0. The number of nitrogens with zero attached hydrogens (tertiary/aromatic N) is 3. The summed E-state index contributed by atoms with van der Waals surface area (Å²) in [5.41, 5.74) is 1.90. The van der Waals surface area contributed by atoms with E-state index >= 15 is 0 Å². The van der Waals surface area contributed by atoms with Crippen molar-refractivity contribution in [3.63, 3.8) is 0 Å². The number of benzene rings is 3. The summed E-state index contributed by atoms with van der Waals surface area (Å²) in [7, 11) is 0. The molecule has 0 unspecified atom stereocenters. The van der Waals surface area contributed by atoms with Gasteiger partial charge in [0.1, 0.15) is 11.5 Å². The fourth-order valence-corrected chi connectivity index (χ4v) is 2.99. The van der Waals surface area contributed by atoms with Crippen molar-refractivity contribution in [3.05, 3.63) is 111 Å². The van der Waals surface area contributed by atoms with Gasteiger partial charge in [-0.25, -0.2) is 4.39 Å². The summed E-state index contributed by atoms with van der Waals surface area (Å²) in [6.07, 6.45) is 1.47. The monoisotopic (exact) mass is 387 g/mol. The summed E-state index contributed by atoms with van der Waals surface area (Å²) in [4.78, 5) is 23.5. The average Bonchev–Trinajstić information content (AvgIpc) is 3.07. The Balaban J connectivity index is 1.81. The second-order valence-corrected chi connectivity index (χ2v) is 6.28. The number of hydrazone groups is 1. The van der Waals surface area contributed by atoms with E-state index < -0.39 is 16.6 Å². The predicted octanol–water partition coefficient (Wildman–Crippen LogP) is 4.57. The Hall–Kier alpha value is -4.13. The molecule has 7 heteroatoms. The van der Waals surface area contributed by atoms with E-state index in [9.17, 15) is 19.3 Å². The number of carbonyl (C=O) groups excluding carboxylic acids is 1. The van der Waals surface area contributed by atoms with Gasteiger partial charge in [0.2, 0.25) is 0 Å². The largest absolute Gasteiger partial charge is 0.281 e. The molecule has 0 saturated carbocycles. The highest BCUT2D eigenvalue weighted by Gasteiger charge is 2.32. The van der Waals surface area contributed by atoms with Crippen LogP contribution in [0.4, 0.5) is 15.8 Å². The van der Waals surface area contributed by atoms with Gasteiger partial charge in [-0.15, -0.1) is 0 Å². The second-order valence-electron chi connectivity index (χ2n) is 6.28. The third-order valence-corrected chi connectivity index (χ3v) is 4.44. The Morgan fingerprint density at radius 1 is 0.931 bits per heavy atom. The molecule has 142 valence electrons. The van der Waals surface area contributed by atoms with Crippen LogP contribution in [0.2, 0.25) is 0 Å². The van der Waals surface area contributed by atoms with Gasteiger partial charge in [-0.1, -0.05) is 48.5 Å². The average molecular weight is 387 g/mol. The zero-order valence-corrected chi connectivity index (χ0v) is 15.0. The molecule has 29 heavy (non-hydrogen) atoms. The van der Waals surface area contributed by atoms with Gasteiger partial charge >= 0.3 is 0 Å². The number of carbonyl (C=O) groups is 1. The van der Waals surface area contributed by atoms with Crippen molar-refractivity contribution < 1.29 is 14.1 Å². The maximum absolute atomic E-state index is 14.2. The highest BCUT2D eigenvalue weighted by molar-refractivity contribution is 6.37. The van der Waals surface area contributed by atoms with Gasteiger partial charge in [0.25, 0.3) is 11.6 Å². The Kier molecular flexibility index (Phi) is 4.70. The standard InChI is InChI=1S/C22H14FN3O3/c23-20-9-5-4-8-16(20)14-19-21(15-6-2-1-3-7-15)24-25(22(19)27)17-10-12-18(13-11-17)26(28)29/h1-14H. The van der Waals surface area contributed by atoms with E-state index in [-0.39, 0.29) is 16.8 Å². The Labute approximate surface area is 165 Å². The Morgan fingerprint density at radius 2 is 1.59 bits per heavy atom. The van der Waals surface area contributed by atoms with Crippen LogP contribution in [0, 0.1) is 15.9 Å². The van der Waals surface area contributed by atoms with E-state index in [1.807, 2.05) is 18.2 Å². The molecule has 1 amide bonds. The molecule has 0 aromatic heterocycles. The van der Waals surface area contributed by atoms with Crippen LogP contribution < -0.4 is 5.01 Å². The van der Waals surface area contributed by atoms with Crippen molar-refractivity contribution in [2.45, 2.75) is 0 Å². The highest BCUT2D eigenvalue weighted by Crippen LogP contribution is 2.29. The molecular weight excluding hydrogens is 373 g/mol. The van der Waals surface area contributed by atoms with Crippen molar-refractivity contribution in [2.75, 3.05) is 5.01 Å². The SMILES string of the molecule is O=C1C(=Cc2ccccc2F)C(c2ccccc2)=NN1c1ccc([N+](=O)[O-])cc1. The third-order valence-electron chi connectivity index (χ3n) is 4.44. The summed E-state index contributed by atoms with van der Waals surface area (Å²) in [5.74, 6) is -0.894. The third kappa shape index (κ3) is 3.53. The summed E-state index contributed by atoms with van der Waals surface area (Å²) >= 11 is 0. The molecular formula is C22H14FN3O3. The number of anilines is 1. The maximum atomic E-state index is 14.2. The number of non-ortho nitro benzene ring substituents is 1. The second kappa shape index (κ2) is 7.47. The lowest BCUT2D eigenvalue weighted by atomic mass is 10.00. The lowest BCUT2D eigenvalue weighted by molar-refractivity contribution is -0.384. The number of halogens is 1. The molecule has 1 aliphatic rings. The van der Waals surface area contributed by atoms with Gasteiger partial charge in [-0.2, -0.15) is 10.1 Å². The number of nitro benzene ring substituents is 1. The number of hydrogen-bond donors (Lipinski definition) is 0. The quantitative estimate of drug-likeness (QED) is 0.374. The summed E-state index contributed by atoms with van der Waals surface area (Å²) in [5, 5.41) is 16.5. The molecule has 1 heterocycles. The first-order chi connectivity index (χ1) is 14.0. The van der Waals surface area contributed by atoms with E-state index in [0.29, 0.717) is 17.0 Å². The molecule has 3 aromatic rings. The first kappa shape index (κ1) is 18.2. The van der Waals surface area contributed by atoms with E-state index in [0.717, 1.165) is 0 Å². The van der Waals surface area contributed by atoms with Gasteiger partial charge in [0.15, 0.2) is 0 Å². The van der Waals surface area contributed by atoms with E-state index in [2.05, 4.69) is 5.10 Å². The summed E-state index contributed by atoms with van der Waals surface area (Å²) in [6, 6.07) is 20.8. The van der Waals surface area contributed by atoms with Crippen LogP contribution in [0.3, 0.4) is 0 Å². The van der Waals surface area contributed by atoms with Crippen LogP contribution in [-0.2, 0) is 4.79 Å². The molecule has 0 atom stereocenters. The molecule has 1 aliphatic heterocycles. The number of amides is 1. The minimum Gasteiger partial charge on any atom is -0.267 e. The Morgan fingerprint density at radius 3 is 2.24 bits per heavy atom. The van der Waals surface area contributed by atoms with Gasteiger partial charge in [-0.3, -0.25) is 14.9 Å². The van der Waals surface area contributed by atoms with E-state index in [1.54, 1.807) is 30.3 Å². The number of rotatable bonds is 4. The Bertz CT molecular complexity index is 1160. The van der Waals surface area contributed by atoms with Gasteiger partial charge in [0, 0.05) is 23.3 Å². The molecule has 0 saturated heterocycles. The zero-order valence-electron chi connectivity index (χ0n) is 15.0. The molecule has 3 aromatic carbocycles. The minimum absolute atomic E-state index is 0.0882. The van der Waals surface area contributed by atoms with Crippen LogP contribution in [0.5, 0.6) is 0 Å². The topological polar surface area (TPSA) is 75.8 Å². The van der Waals surface area contributed by atoms with Gasteiger partial charge < -0.3 is 0 Å². The zero-order chi connectivity index (χ0) is 20.4. The predicted molar refractivity (Wildman–Crippen MR) is 108 cm³/mol. The molecule has 0 spiro atoms. The minimum atomic E-state index is -0.516.